The molecule has 1 aromatic carbocycles. The Morgan fingerprint density at radius 3 is 2.29 bits per heavy atom. The van der Waals surface area contributed by atoms with Crippen LogP contribution in [0.4, 0.5) is 8.78 Å². The number of carbonyl (C=O) groups is 1. The zero-order chi connectivity index (χ0) is 14.9. The average molecular weight is 316 g/mol. The lowest BCUT2D eigenvalue weighted by atomic mass is 9.98. The van der Waals surface area contributed by atoms with Crippen molar-refractivity contribution >= 4 is 18.2 Å². The highest BCUT2D eigenvalue weighted by molar-refractivity contribution is 5.94. The third kappa shape index (κ3) is 4.65. The summed E-state index contributed by atoms with van der Waals surface area (Å²) >= 11 is 0. The van der Waals surface area contributed by atoms with Crippen LogP contribution in [0.1, 0.15) is 30.8 Å². The number of Topliss-reactive ketones (excluding diaryl/α,β-unsaturated/α-hetero) is 1. The molecule has 0 aliphatic rings. The van der Waals surface area contributed by atoms with E-state index in [1.165, 1.54) is 12.1 Å². The zero-order valence-electron chi connectivity index (χ0n) is 11.7. The van der Waals surface area contributed by atoms with Gasteiger partial charge < -0.3 is 10.2 Å². The van der Waals surface area contributed by atoms with Crippen molar-refractivity contribution in [2.45, 2.75) is 25.8 Å². The summed E-state index contributed by atoms with van der Waals surface area (Å²) in [6.45, 7) is 3.47. The molecule has 0 saturated heterocycles. The lowest BCUT2D eigenvalue weighted by molar-refractivity contribution is 0.0934. The van der Waals surface area contributed by atoms with Crippen LogP contribution in [0.5, 0.6) is 0 Å². The van der Waals surface area contributed by atoms with Crippen molar-refractivity contribution in [3.05, 3.63) is 47.7 Å². The molecule has 0 unspecified atom stereocenters. The molecule has 2 aromatic rings. The fourth-order valence-electron chi connectivity index (χ4n) is 1.84. The van der Waals surface area contributed by atoms with Gasteiger partial charge in [0.2, 0.25) is 0 Å². The summed E-state index contributed by atoms with van der Waals surface area (Å²) in [5.41, 5.74) is 5.37. The van der Waals surface area contributed by atoms with Crippen LogP contribution in [0.15, 0.2) is 34.7 Å². The lowest BCUT2D eigenvalue weighted by Crippen LogP contribution is -2.34. The fraction of sp³-hybridized carbons (Fsp3) is 0.267. The van der Waals surface area contributed by atoms with Crippen LogP contribution in [0.25, 0.3) is 11.3 Å². The molecule has 0 saturated carbocycles. The third-order valence-electron chi connectivity index (χ3n) is 2.64. The Kier molecular flexibility index (Phi) is 5.25. The van der Waals surface area contributed by atoms with E-state index in [2.05, 4.69) is 0 Å². The van der Waals surface area contributed by atoms with Gasteiger partial charge in [-0.05, 0) is 38.1 Å². The second-order valence-corrected chi connectivity index (χ2v) is 5.41. The SMILES string of the molecule is CC(C)(N)CC(=O)c1ccc(-c2cc(F)cc(F)c2)o1.Cl. The predicted octanol–water partition coefficient (Wildman–Crippen LogP) is 3.96. The van der Waals surface area contributed by atoms with E-state index in [9.17, 15) is 13.6 Å². The second kappa shape index (κ2) is 6.37. The van der Waals surface area contributed by atoms with Gasteiger partial charge in [0.05, 0.1) is 0 Å². The number of benzene rings is 1. The minimum atomic E-state index is -0.702. The summed E-state index contributed by atoms with van der Waals surface area (Å²) in [7, 11) is 0. The van der Waals surface area contributed by atoms with Crippen LogP contribution in [0.2, 0.25) is 0 Å². The lowest BCUT2D eigenvalue weighted by Gasteiger charge is -2.15. The maximum atomic E-state index is 13.1. The van der Waals surface area contributed by atoms with Crippen molar-refractivity contribution in [2.24, 2.45) is 5.73 Å². The van der Waals surface area contributed by atoms with E-state index >= 15 is 0 Å². The molecule has 0 bridgehead atoms. The van der Waals surface area contributed by atoms with Crippen molar-refractivity contribution in [3.8, 4) is 11.3 Å². The number of ketones is 1. The van der Waals surface area contributed by atoms with E-state index in [1.807, 2.05) is 0 Å². The molecule has 0 aliphatic heterocycles. The number of hydrogen-bond donors (Lipinski definition) is 1. The molecule has 3 nitrogen and oxygen atoms in total. The summed E-state index contributed by atoms with van der Waals surface area (Å²) < 4.78 is 31.6. The van der Waals surface area contributed by atoms with Gasteiger partial charge >= 0.3 is 0 Å². The first-order valence-corrected chi connectivity index (χ1v) is 6.13. The summed E-state index contributed by atoms with van der Waals surface area (Å²) in [4.78, 5) is 11.9. The molecule has 0 amide bonds. The Morgan fingerprint density at radius 2 is 1.76 bits per heavy atom. The van der Waals surface area contributed by atoms with E-state index in [0.29, 0.717) is 0 Å². The van der Waals surface area contributed by atoms with E-state index in [0.717, 1.165) is 18.2 Å². The molecule has 6 heteroatoms. The molecular weight excluding hydrogens is 300 g/mol. The molecule has 0 radical (unpaired) electrons. The third-order valence-corrected chi connectivity index (χ3v) is 2.64. The number of halogens is 3. The van der Waals surface area contributed by atoms with Gasteiger partial charge in [0.25, 0.3) is 0 Å². The molecule has 114 valence electrons. The van der Waals surface area contributed by atoms with Gasteiger partial charge in [0.1, 0.15) is 17.4 Å². The van der Waals surface area contributed by atoms with Gasteiger partial charge in [-0.15, -0.1) is 12.4 Å². The molecule has 2 N–H and O–H groups in total. The summed E-state index contributed by atoms with van der Waals surface area (Å²) in [5, 5.41) is 0. The van der Waals surface area contributed by atoms with Crippen molar-refractivity contribution in [1.82, 2.24) is 0 Å². The summed E-state index contributed by atoms with van der Waals surface area (Å²) in [5.74, 6) is -1.29. The Balaban J connectivity index is 0.00000220. The predicted molar refractivity (Wildman–Crippen MR) is 78.5 cm³/mol. The minimum Gasteiger partial charge on any atom is -0.453 e. The molecule has 1 aromatic heterocycles. The van der Waals surface area contributed by atoms with Gasteiger partial charge in [0, 0.05) is 23.6 Å². The Labute approximate surface area is 127 Å². The fourth-order valence-corrected chi connectivity index (χ4v) is 1.84. The number of carbonyl (C=O) groups excluding carboxylic acids is 1. The standard InChI is InChI=1S/C15H15F2NO2.ClH/c1-15(2,18)8-12(19)14-4-3-13(20-14)9-5-10(16)7-11(17)6-9;/h3-7H,8,18H2,1-2H3;1H. The highest BCUT2D eigenvalue weighted by Crippen LogP contribution is 2.25. The van der Waals surface area contributed by atoms with E-state index in [-0.39, 0.29) is 41.7 Å². The van der Waals surface area contributed by atoms with Gasteiger partial charge in [0.15, 0.2) is 11.5 Å². The van der Waals surface area contributed by atoms with Crippen LogP contribution in [-0.2, 0) is 0 Å². The van der Waals surface area contributed by atoms with Gasteiger partial charge in [-0.3, -0.25) is 4.79 Å². The van der Waals surface area contributed by atoms with E-state index in [1.54, 1.807) is 13.8 Å². The molecule has 1 heterocycles. The maximum absolute atomic E-state index is 13.1. The molecule has 2 rings (SSSR count). The largest absolute Gasteiger partial charge is 0.453 e. The highest BCUT2D eigenvalue weighted by atomic mass is 35.5. The van der Waals surface area contributed by atoms with Gasteiger partial charge in [-0.25, -0.2) is 8.78 Å². The maximum Gasteiger partial charge on any atom is 0.199 e. The molecule has 21 heavy (non-hydrogen) atoms. The van der Waals surface area contributed by atoms with Crippen LogP contribution >= 0.6 is 12.4 Å². The topological polar surface area (TPSA) is 56.2 Å². The molecular formula is C15H16ClF2NO2. The number of furan rings is 1. The van der Waals surface area contributed by atoms with E-state index in [4.69, 9.17) is 10.2 Å². The molecule has 0 spiro atoms. The van der Waals surface area contributed by atoms with Crippen LogP contribution in [-0.4, -0.2) is 11.3 Å². The molecule has 0 aliphatic carbocycles. The molecule has 0 fully saturated rings. The van der Waals surface area contributed by atoms with Gasteiger partial charge in [-0.1, -0.05) is 0 Å². The second-order valence-electron chi connectivity index (χ2n) is 5.41. The van der Waals surface area contributed by atoms with Gasteiger partial charge in [-0.2, -0.15) is 0 Å². The van der Waals surface area contributed by atoms with Crippen LogP contribution < -0.4 is 5.73 Å². The number of rotatable bonds is 4. The monoisotopic (exact) mass is 315 g/mol. The Hall–Kier alpha value is -1.72. The number of hydrogen-bond acceptors (Lipinski definition) is 3. The van der Waals surface area contributed by atoms with Crippen molar-refractivity contribution < 1.29 is 18.0 Å². The quantitative estimate of drug-likeness (QED) is 0.869. The average Bonchev–Trinajstić information content (AvgIpc) is 2.74. The van der Waals surface area contributed by atoms with E-state index < -0.39 is 17.2 Å². The highest BCUT2D eigenvalue weighted by Gasteiger charge is 2.20. The van der Waals surface area contributed by atoms with Crippen LogP contribution in [0.3, 0.4) is 0 Å². The zero-order valence-corrected chi connectivity index (χ0v) is 12.5. The first-order valence-electron chi connectivity index (χ1n) is 6.13. The first-order chi connectivity index (χ1) is 9.24. The Morgan fingerprint density at radius 1 is 1.19 bits per heavy atom. The minimum absolute atomic E-state index is 0. The number of nitrogens with two attached hydrogens (primary N) is 1. The van der Waals surface area contributed by atoms with Crippen molar-refractivity contribution in [3.63, 3.8) is 0 Å². The van der Waals surface area contributed by atoms with Crippen molar-refractivity contribution in [2.75, 3.05) is 0 Å². The molecule has 0 atom stereocenters. The first kappa shape index (κ1) is 17.3. The summed E-state index contributed by atoms with van der Waals surface area (Å²) in [6.07, 6.45) is 0.122. The van der Waals surface area contributed by atoms with Crippen molar-refractivity contribution in [1.29, 1.82) is 0 Å². The van der Waals surface area contributed by atoms with Crippen LogP contribution in [0, 0.1) is 11.6 Å². The smallest absolute Gasteiger partial charge is 0.199 e. The summed E-state index contributed by atoms with van der Waals surface area (Å²) in [6, 6.07) is 6.04. The normalized spacial score (nSPS) is 11.1. The Bertz CT molecular complexity index is 627.